The average molecular weight is 399 g/mol. The van der Waals surface area contributed by atoms with Crippen LogP contribution >= 0.6 is 33.3 Å². The lowest BCUT2D eigenvalue weighted by molar-refractivity contribution is -0.391. The first kappa shape index (κ1) is 14.4. The minimum atomic E-state index is -4.36. The van der Waals surface area contributed by atoms with Crippen LogP contribution in [0.1, 0.15) is 12.1 Å². The number of hydrogen-bond acceptors (Lipinski definition) is 5. The first-order valence-corrected chi connectivity index (χ1v) is 7.11. The highest BCUT2D eigenvalue weighted by atomic mass is 127. The van der Waals surface area contributed by atoms with Gasteiger partial charge in [-0.15, -0.1) is 0 Å². The van der Waals surface area contributed by atoms with E-state index in [0.29, 0.717) is 6.07 Å². The van der Waals surface area contributed by atoms with Gasteiger partial charge < -0.3 is 10.1 Å². The molecule has 0 radical (unpaired) electrons. The summed E-state index contributed by atoms with van der Waals surface area (Å²) in [7, 11) is 0.631. The molecule has 0 unspecified atom stereocenters. The minimum Gasteiger partial charge on any atom is -0.358 e. The Kier molecular flexibility index (Phi) is 4.19. The highest BCUT2D eigenvalue weighted by Gasteiger charge is 2.29. The van der Waals surface area contributed by atoms with Crippen molar-refractivity contribution in [1.29, 1.82) is 0 Å². The normalized spacial score (nSPS) is 11.8. The molecule has 6 nitrogen and oxygen atoms in total. The van der Waals surface area contributed by atoms with Gasteiger partial charge >= 0.3 is 12.2 Å². The van der Waals surface area contributed by atoms with Crippen molar-refractivity contribution in [2.75, 3.05) is 0 Å². The smallest absolute Gasteiger partial charge is 0.358 e. The molecule has 0 saturated heterocycles. The van der Waals surface area contributed by atoms with Crippen molar-refractivity contribution < 1.29 is 22.1 Å². The van der Waals surface area contributed by atoms with E-state index in [-0.39, 0.29) is 0 Å². The van der Waals surface area contributed by atoms with Gasteiger partial charge in [0, 0.05) is 16.7 Å². The van der Waals surface area contributed by atoms with Crippen molar-refractivity contribution in [3.8, 4) is 0 Å². The van der Waals surface area contributed by atoms with E-state index < -0.39 is 40.4 Å². The molecule has 0 saturated carbocycles. The summed E-state index contributed by atoms with van der Waals surface area (Å²) in [5.41, 5.74) is -1.02. The summed E-state index contributed by atoms with van der Waals surface area (Å²) in [6, 6.07) is 0.516. The summed E-state index contributed by atoms with van der Waals surface area (Å²) >= 11 is 1.31. The van der Waals surface area contributed by atoms with Crippen molar-refractivity contribution in [1.82, 2.24) is 4.98 Å². The second kappa shape index (κ2) is 4.94. The van der Waals surface area contributed by atoms with Crippen LogP contribution in [0.3, 0.4) is 0 Å². The average Bonchev–Trinajstić information content (AvgIpc) is 2.15. The third kappa shape index (κ3) is 3.19. The second-order valence-corrected chi connectivity index (χ2v) is 6.29. The largest absolute Gasteiger partial charge is 0.378 e. The summed E-state index contributed by atoms with van der Waals surface area (Å²) < 4.78 is 46.5. The quantitative estimate of drug-likeness (QED) is 0.338. The van der Waals surface area contributed by atoms with Crippen molar-refractivity contribution in [3.05, 3.63) is 25.4 Å². The molecule has 17 heavy (non-hydrogen) atoms. The summed E-state index contributed by atoms with van der Waals surface area (Å²) in [4.78, 5) is 11.8. The monoisotopic (exact) mass is 398 g/mol. The Morgan fingerprint density at radius 1 is 1.53 bits per heavy atom. The van der Waals surface area contributed by atoms with Gasteiger partial charge in [-0.05, 0) is 32.5 Å². The maximum absolute atomic E-state index is 12.4. The zero-order valence-electron chi connectivity index (χ0n) is 7.60. The fourth-order valence-electron chi connectivity index (χ4n) is 0.922. The lowest BCUT2D eigenvalue weighted by Gasteiger charge is -2.03. The molecule has 0 aliphatic rings. The van der Waals surface area contributed by atoms with Gasteiger partial charge in [-0.3, -0.25) is 0 Å². The summed E-state index contributed by atoms with van der Waals surface area (Å²) in [5, 5.41) is 10.5. The van der Waals surface area contributed by atoms with Gasteiger partial charge in [0.05, 0.1) is 0 Å². The zero-order chi connectivity index (χ0) is 13.4. The van der Waals surface area contributed by atoms with E-state index in [1.807, 2.05) is 0 Å². The van der Waals surface area contributed by atoms with E-state index in [1.165, 1.54) is 22.6 Å². The van der Waals surface area contributed by atoms with E-state index in [1.54, 1.807) is 0 Å². The van der Waals surface area contributed by atoms with E-state index in [2.05, 4.69) is 4.98 Å². The zero-order valence-corrected chi connectivity index (χ0v) is 11.3. The minimum absolute atomic E-state index is 0.410. The molecule has 0 aromatic carbocycles. The molecule has 1 aromatic rings. The molecular formula is C6H2ClF2IN2O4S. The van der Waals surface area contributed by atoms with Crippen molar-refractivity contribution in [2.24, 2.45) is 0 Å². The van der Waals surface area contributed by atoms with Gasteiger partial charge in [0.25, 0.3) is 9.05 Å². The highest BCUT2D eigenvalue weighted by molar-refractivity contribution is 14.1. The van der Waals surface area contributed by atoms with Gasteiger partial charge in [0.2, 0.25) is 5.69 Å². The van der Waals surface area contributed by atoms with E-state index in [4.69, 9.17) is 10.7 Å². The molecule has 1 rings (SSSR count). The number of pyridine rings is 1. The molecule has 1 heterocycles. The Morgan fingerprint density at radius 3 is 2.41 bits per heavy atom. The maximum Gasteiger partial charge on any atom is 0.378 e. The van der Waals surface area contributed by atoms with Crippen LogP contribution in [0, 0.1) is 13.7 Å². The van der Waals surface area contributed by atoms with Crippen molar-refractivity contribution >= 4 is 48.1 Å². The summed E-state index contributed by atoms with van der Waals surface area (Å²) in [6.07, 6.45) is -3.14. The van der Waals surface area contributed by atoms with Crippen LogP contribution in [0.5, 0.6) is 0 Å². The number of alkyl halides is 2. The third-order valence-corrected chi connectivity index (χ3v) is 4.36. The fraction of sp³-hybridized carbons (Fsp3) is 0.167. The fourth-order valence-corrected chi connectivity index (χ4v) is 3.59. The van der Waals surface area contributed by atoms with Crippen LogP contribution in [0.15, 0.2) is 11.0 Å². The molecule has 94 valence electrons. The number of rotatable bonds is 3. The van der Waals surface area contributed by atoms with Crippen molar-refractivity contribution in [3.63, 3.8) is 0 Å². The lowest BCUT2D eigenvalue weighted by Crippen LogP contribution is -2.05. The highest BCUT2D eigenvalue weighted by Crippen LogP contribution is 2.31. The molecule has 0 aliphatic heterocycles. The van der Waals surface area contributed by atoms with Crippen LogP contribution in [0.4, 0.5) is 14.6 Å². The Bertz CT molecular complexity index is 580. The molecule has 0 atom stereocenters. The Balaban J connectivity index is 3.67. The number of nitrogens with zero attached hydrogens (tertiary/aromatic N) is 2. The lowest BCUT2D eigenvalue weighted by atomic mass is 10.3. The number of halogens is 4. The van der Waals surface area contributed by atoms with Gasteiger partial charge in [0.1, 0.15) is 8.47 Å². The Hall–Kier alpha value is -0.620. The SMILES string of the molecule is O=[N+]([O-])c1nc(C(F)F)cc(S(=O)(=O)Cl)c1I. The predicted octanol–water partition coefficient (Wildman–Crippen LogP) is 2.46. The summed E-state index contributed by atoms with van der Waals surface area (Å²) in [6.45, 7) is 0. The topological polar surface area (TPSA) is 90.2 Å². The Morgan fingerprint density at radius 2 is 2.06 bits per heavy atom. The van der Waals surface area contributed by atoms with Gasteiger partial charge in [-0.1, -0.05) is 0 Å². The molecule has 0 spiro atoms. The summed E-state index contributed by atoms with van der Waals surface area (Å²) in [5.74, 6) is -0.970. The number of hydrogen-bond donors (Lipinski definition) is 0. The molecule has 0 bridgehead atoms. The van der Waals surface area contributed by atoms with E-state index >= 15 is 0 Å². The van der Waals surface area contributed by atoms with E-state index in [0.717, 1.165) is 0 Å². The van der Waals surface area contributed by atoms with E-state index in [9.17, 15) is 27.3 Å². The number of nitro groups is 1. The first-order chi connectivity index (χ1) is 7.64. The molecule has 0 fully saturated rings. The standard InChI is InChI=1S/C6H2ClF2IN2O4S/c7-17(15,16)3-1-2(5(8)9)11-6(4(3)10)12(13)14/h1,5H. The maximum atomic E-state index is 12.4. The molecular weight excluding hydrogens is 396 g/mol. The second-order valence-electron chi connectivity index (χ2n) is 2.68. The molecule has 0 N–H and O–H groups in total. The molecule has 1 aromatic heterocycles. The van der Waals surface area contributed by atoms with Gasteiger partial charge in [-0.25, -0.2) is 17.2 Å². The van der Waals surface area contributed by atoms with Crippen LogP contribution in [-0.2, 0) is 9.05 Å². The number of aromatic nitrogens is 1. The van der Waals surface area contributed by atoms with Crippen LogP contribution in [0.25, 0.3) is 0 Å². The van der Waals surface area contributed by atoms with Crippen LogP contribution in [-0.4, -0.2) is 18.3 Å². The third-order valence-electron chi connectivity index (χ3n) is 1.59. The first-order valence-electron chi connectivity index (χ1n) is 3.72. The molecule has 0 aliphatic carbocycles. The van der Waals surface area contributed by atoms with Crippen LogP contribution < -0.4 is 0 Å². The van der Waals surface area contributed by atoms with Crippen molar-refractivity contribution in [2.45, 2.75) is 11.3 Å². The Labute approximate surface area is 112 Å². The van der Waals surface area contributed by atoms with Crippen LogP contribution in [0.2, 0.25) is 0 Å². The molecule has 11 heteroatoms. The molecule has 0 amide bonds. The predicted molar refractivity (Wildman–Crippen MR) is 61.6 cm³/mol. The van der Waals surface area contributed by atoms with Gasteiger partial charge in [0.15, 0.2) is 0 Å². The van der Waals surface area contributed by atoms with Gasteiger partial charge in [-0.2, -0.15) is 0 Å².